The largest absolute Gasteiger partial charge is 0.474 e. The Kier molecular flexibility index (Phi) is 7.16. The molecule has 0 spiro atoms. The molecule has 0 unspecified atom stereocenters. The van der Waals surface area contributed by atoms with E-state index in [1.807, 2.05) is 41.3 Å². The highest BCUT2D eigenvalue weighted by molar-refractivity contribution is 7.14. The van der Waals surface area contributed by atoms with Gasteiger partial charge in [0.15, 0.2) is 5.13 Å². The van der Waals surface area contributed by atoms with E-state index in [0.29, 0.717) is 42.2 Å². The second kappa shape index (κ2) is 10.8. The smallest absolute Gasteiger partial charge is 0.273 e. The number of thiazole rings is 1. The normalized spacial score (nSPS) is 18.8. The van der Waals surface area contributed by atoms with Crippen LogP contribution in [0.5, 0.6) is 5.88 Å². The van der Waals surface area contributed by atoms with Crippen molar-refractivity contribution in [3.8, 4) is 11.9 Å². The molecular weight excluding hydrogens is 462 g/mol. The van der Waals surface area contributed by atoms with Crippen LogP contribution in [0.15, 0.2) is 48.0 Å². The standard InChI is InChI=1S/C25H27N7O2S/c26-11-16-31-13-4-6-21(31)19-5-3-7-22(28-19)30-25-29-20(17-35-25)24(33)32-14-9-18(10-15-32)34-23-8-1-2-12-27-23/h1-3,5,7-8,12,17-18,21H,4,6,9-10,13-16H2,(H,28,29,30)/t21-/m0/s1. The first-order valence-electron chi connectivity index (χ1n) is 11.9. The zero-order valence-corrected chi connectivity index (χ0v) is 20.2. The summed E-state index contributed by atoms with van der Waals surface area (Å²) >= 11 is 1.39. The van der Waals surface area contributed by atoms with Gasteiger partial charge in [0.25, 0.3) is 5.91 Å². The van der Waals surface area contributed by atoms with E-state index >= 15 is 0 Å². The SMILES string of the molecule is N#CCN1CCC[C@H]1c1cccc(Nc2nc(C(=O)N3CCC(Oc4ccccn4)CC3)cs2)n1. The van der Waals surface area contributed by atoms with Gasteiger partial charge in [-0.05, 0) is 37.6 Å². The molecule has 1 N–H and O–H groups in total. The molecular formula is C25H27N7O2S. The number of nitriles is 1. The molecule has 2 saturated heterocycles. The molecule has 10 heteroatoms. The number of aromatic nitrogens is 3. The Bertz CT molecular complexity index is 1190. The average Bonchev–Trinajstić information content (AvgIpc) is 3.55. The molecule has 0 radical (unpaired) electrons. The topological polar surface area (TPSA) is 107 Å². The third-order valence-corrected chi connectivity index (χ3v) is 7.12. The number of carbonyl (C=O) groups excluding carboxylic acids is 1. The number of pyridine rings is 2. The number of hydrogen-bond donors (Lipinski definition) is 1. The van der Waals surface area contributed by atoms with Crippen molar-refractivity contribution in [3.63, 3.8) is 0 Å². The Morgan fingerprint density at radius 3 is 2.83 bits per heavy atom. The summed E-state index contributed by atoms with van der Waals surface area (Å²) in [5.41, 5.74) is 1.39. The van der Waals surface area contributed by atoms with Crippen LogP contribution in [0.3, 0.4) is 0 Å². The zero-order chi connectivity index (χ0) is 24.0. The summed E-state index contributed by atoms with van der Waals surface area (Å²) in [6.45, 7) is 2.58. The van der Waals surface area contributed by atoms with E-state index < -0.39 is 0 Å². The zero-order valence-electron chi connectivity index (χ0n) is 19.3. The van der Waals surface area contributed by atoms with Gasteiger partial charge in [-0.15, -0.1) is 11.3 Å². The fraction of sp³-hybridized carbons (Fsp3) is 0.400. The first kappa shape index (κ1) is 23.2. The number of nitrogens with zero attached hydrogens (tertiary/aromatic N) is 6. The van der Waals surface area contributed by atoms with Gasteiger partial charge in [0.1, 0.15) is 17.6 Å². The number of piperidine rings is 1. The third-order valence-electron chi connectivity index (χ3n) is 6.36. The van der Waals surface area contributed by atoms with Crippen LogP contribution in [0.25, 0.3) is 0 Å². The van der Waals surface area contributed by atoms with E-state index in [9.17, 15) is 4.79 Å². The number of nitrogens with one attached hydrogen (secondary N) is 1. The molecule has 3 aromatic rings. The van der Waals surface area contributed by atoms with E-state index in [2.05, 4.69) is 26.3 Å². The van der Waals surface area contributed by atoms with Crippen molar-refractivity contribution in [1.29, 1.82) is 5.26 Å². The van der Waals surface area contributed by atoms with Crippen molar-refractivity contribution in [1.82, 2.24) is 24.8 Å². The minimum atomic E-state index is -0.0644. The Hall–Kier alpha value is -3.55. The van der Waals surface area contributed by atoms with Gasteiger partial charge in [-0.2, -0.15) is 5.26 Å². The number of amides is 1. The number of rotatable bonds is 7. The lowest BCUT2D eigenvalue weighted by atomic mass is 10.1. The predicted octanol–water partition coefficient (Wildman–Crippen LogP) is 4.02. The molecule has 1 atom stereocenters. The van der Waals surface area contributed by atoms with E-state index in [4.69, 9.17) is 15.0 Å². The summed E-state index contributed by atoms with van der Waals surface area (Å²) in [4.78, 5) is 30.5. The second-order valence-corrected chi connectivity index (χ2v) is 9.53. The lowest BCUT2D eigenvalue weighted by molar-refractivity contribution is 0.0583. The van der Waals surface area contributed by atoms with Crippen LogP contribution in [-0.2, 0) is 0 Å². The lowest BCUT2D eigenvalue weighted by Gasteiger charge is -2.31. The predicted molar refractivity (Wildman–Crippen MR) is 133 cm³/mol. The van der Waals surface area contributed by atoms with Gasteiger partial charge in [0.05, 0.1) is 24.3 Å². The molecule has 5 heterocycles. The summed E-state index contributed by atoms with van der Waals surface area (Å²) in [6, 6.07) is 13.9. The summed E-state index contributed by atoms with van der Waals surface area (Å²) in [5, 5.41) is 14.7. The van der Waals surface area contributed by atoms with Crippen molar-refractivity contribution in [3.05, 3.63) is 59.4 Å². The maximum absolute atomic E-state index is 13.0. The molecule has 0 bridgehead atoms. The van der Waals surface area contributed by atoms with Crippen molar-refractivity contribution >= 4 is 28.2 Å². The summed E-state index contributed by atoms with van der Waals surface area (Å²) in [6.07, 6.45) is 5.36. The van der Waals surface area contributed by atoms with E-state index in [-0.39, 0.29) is 18.1 Å². The summed E-state index contributed by atoms with van der Waals surface area (Å²) < 4.78 is 5.93. The molecule has 2 aliphatic rings. The molecule has 0 aliphatic carbocycles. The van der Waals surface area contributed by atoms with Crippen LogP contribution in [-0.4, -0.2) is 62.9 Å². The number of anilines is 2. The molecule has 1 amide bonds. The maximum atomic E-state index is 13.0. The van der Waals surface area contributed by atoms with Crippen molar-refractivity contribution in [2.45, 2.75) is 37.8 Å². The number of carbonyl (C=O) groups is 1. The Labute approximate surface area is 208 Å². The lowest BCUT2D eigenvalue weighted by Crippen LogP contribution is -2.42. The number of hydrogen-bond acceptors (Lipinski definition) is 9. The molecule has 0 aromatic carbocycles. The van der Waals surface area contributed by atoms with Gasteiger partial charge in [-0.1, -0.05) is 12.1 Å². The van der Waals surface area contributed by atoms with Gasteiger partial charge >= 0.3 is 0 Å². The van der Waals surface area contributed by atoms with Crippen molar-refractivity contribution < 1.29 is 9.53 Å². The minimum Gasteiger partial charge on any atom is -0.474 e. The van der Waals surface area contributed by atoms with E-state index in [0.717, 1.165) is 37.9 Å². The van der Waals surface area contributed by atoms with Crippen LogP contribution < -0.4 is 10.1 Å². The first-order chi connectivity index (χ1) is 17.2. The molecule has 5 rings (SSSR count). The van der Waals surface area contributed by atoms with E-state index in [1.165, 1.54) is 11.3 Å². The van der Waals surface area contributed by atoms with E-state index in [1.54, 1.807) is 11.6 Å². The second-order valence-electron chi connectivity index (χ2n) is 8.67. The quantitative estimate of drug-likeness (QED) is 0.496. The fourth-order valence-corrected chi connectivity index (χ4v) is 5.30. The maximum Gasteiger partial charge on any atom is 0.273 e. The summed E-state index contributed by atoms with van der Waals surface area (Å²) in [7, 11) is 0. The van der Waals surface area contributed by atoms with Gasteiger partial charge in [-0.3, -0.25) is 9.69 Å². The molecule has 3 aromatic heterocycles. The third kappa shape index (κ3) is 5.58. The Morgan fingerprint density at radius 1 is 1.14 bits per heavy atom. The first-order valence-corrected chi connectivity index (χ1v) is 12.7. The van der Waals surface area contributed by atoms with Crippen LogP contribution in [0, 0.1) is 11.3 Å². The Morgan fingerprint density at radius 2 is 2.03 bits per heavy atom. The minimum absolute atomic E-state index is 0.0592. The monoisotopic (exact) mass is 489 g/mol. The number of ether oxygens (including phenoxy) is 1. The number of likely N-dealkylation sites (tertiary alicyclic amines) is 2. The van der Waals surface area contributed by atoms with Crippen LogP contribution in [0.4, 0.5) is 10.9 Å². The van der Waals surface area contributed by atoms with Gasteiger partial charge in [0, 0.05) is 43.6 Å². The molecule has 2 aliphatic heterocycles. The van der Waals surface area contributed by atoms with Crippen LogP contribution in [0.2, 0.25) is 0 Å². The highest BCUT2D eigenvalue weighted by Gasteiger charge is 2.28. The van der Waals surface area contributed by atoms with Gasteiger partial charge in [0.2, 0.25) is 5.88 Å². The molecule has 35 heavy (non-hydrogen) atoms. The van der Waals surface area contributed by atoms with Crippen molar-refractivity contribution in [2.75, 3.05) is 31.5 Å². The highest BCUT2D eigenvalue weighted by Crippen LogP contribution is 2.31. The van der Waals surface area contributed by atoms with Gasteiger partial charge < -0.3 is 15.0 Å². The fourth-order valence-electron chi connectivity index (χ4n) is 4.61. The van der Waals surface area contributed by atoms with Crippen LogP contribution in [0.1, 0.15) is 47.9 Å². The molecule has 180 valence electrons. The molecule has 2 fully saturated rings. The molecule has 9 nitrogen and oxygen atoms in total. The average molecular weight is 490 g/mol. The highest BCUT2D eigenvalue weighted by atomic mass is 32.1. The van der Waals surface area contributed by atoms with Gasteiger partial charge in [-0.25, -0.2) is 15.0 Å². The summed E-state index contributed by atoms with van der Waals surface area (Å²) in [5.74, 6) is 1.24. The van der Waals surface area contributed by atoms with Crippen LogP contribution >= 0.6 is 11.3 Å². The Balaban J connectivity index is 1.17. The molecule has 0 saturated carbocycles. The van der Waals surface area contributed by atoms with Crippen molar-refractivity contribution in [2.24, 2.45) is 0 Å².